The Morgan fingerprint density at radius 2 is 1.62 bits per heavy atom. The highest BCUT2D eigenvalue weighted by Crippen LogP contribution is 2.21. The molecule has 26 heavy (non-hydrogen) atoms. The van der Waals surface area contributed by atoms with E-state index < -0.39 is 10.0 Å². The monoisotopic (exact) mass is 374 g/mol. The van der Waals surface area contributed by atoms with Crippen molar-refractivity contribution in [1.82, 2.24) is 9.62 Å². The fourth-order valence-corrected chi connectivity index (χ4v) is 4.02. The number of likely N-dealkylation sites (N-methyl/N-ethyl adjacent to an activating group) is 1. The number of carbonyl (C=O) groups is 1. The second-order valence-electron chi connectivity index (χ2n) is 6.66. The number of sulfonamides is 1. The molecule has 0 saturated heterocycles. The summed E-state index contributed by atoms with van der Waals surface area (Å²) in [5.41, 5.74) is 4.51. The molecule has 1 unspecified atom stereocenters. The summed E-state index contributed by atoms with van der Waals surface area (Å²) < 4.78 is 26.1. The zero-order valence-electron chi connectivity index (χ0n) is 15.9. The lowest BCUT2D eigenvalue weighted by molar-refractivity contribution is -0.121. The fraction of sp³-hybridized carbons (Fsp3) is 0.350. The van der Waals surface area contributed by atoms with Crippen LogP contribution in [0.15, 0.2) is 47.4 Å². The van der Waals surface area contributed by atoms with E-state index in [4.69, 9.17) is 0 Å². The predicted octanol–water partition coefficient (Wildman–Crippen LogP) is 3.11. The number of hydrogen-bond donors (Lipinski definition) is 1. The average Bonchev–Trinajstić information content (AvgIpc) is 2.58. The molecule has 0 bridgehead atoms. The van der Waals surface area contributed by atoms with E-state index in [1.54, 1.807) is 18.2 Å². The molecule has 1 N–H and O–H groups in total. The van der Waals surface area contributed by atoms with Gasteiger partial charge in [-0.25, -0.2) is 8.42 Å². The number of carbonyl (C=O) groups excluding carboxylic acids is 1. The molecule has 0 radical (unpaired) electrons. The van der Waals surface area contributed by atoms with Gasteiger partial charge in [-0.1, -0.05) is 30.3 Å². The van der Waals surface area contributed by atoms with Crippen molar-refractivity contribution < 1.29 is 13.2 Å². The summed E-state index contributed by atoms with van der Waals surface area (Å²) in [6, 6.07) is 12.1. The molecular formula is C20H26N2O3S. The third kappa shape index (κ3) is 4.51. The van der Waals surface area contributed by atoms with Crippen LogP contribution in [0, 0.1) is 20.8 Å². The van der Waals surface area contributed by atoms with Gasteiger partial charge in [0.15, 0.2) is 0 Å². The Balaban J connectivity index is 2.08. The Morgan fingerprint density at radius 3 is 2.23 bits per heavy atom. The van der Waals surface area contributed by atoms with Crippen LogP contribution in [-0.2, 0) is 14.8 Å². The van der Waals surface area contributed by atoms with Gasteiger partial charge in [0.05, 0.1) is 17.5 Å². The van der Waals surface area contributed by atoms with Crippen molar-refractivity contribution >= 4 is 15.9 Å². The fourth-order valence-electron chi connectivity index (χ4n) is 2.87. The molecule has 0 aliphatic rings. The summed E-state index contributed by atoms with van der Waals surface area (Å²) in [5, 5.41) is 2.89. The number of rotatable bonds is 6. The highest BCUT2D eigenvalue weighted by molar-refractivity contribution is 7.89. The minimum absolute atomic E-state index is 0.174. The van der Waals surface area contributed by atoms with E-state index in [0.717, 1.165) is 21.0 Å². The standard InChI is InChI=1S/C20H26N2O3S/c1-14-11-16(3)19(12-15(14)2)17(4)21-20(23)13-22(5)26(24,25)18-9-7-6-8-10-18/h6-12,17H,13H2,1-5H3,(H,21,23). The van der Waals surface area contributed by atoms with Gasteiger partial charge in [0.2, 0.25) is 15.9 Å². The molecule has 0 heterocycles. The molecule has 0 aromatic heterocycles. The van der Waals surface area contributed by atoms with Crippen LogP contribution in [0.1, 0.15) is 35.2 Å². The normalized spacial score (nSPS) is 12.8. The molecule has 5 nitrogen and oxygen atoms in total. The molecule has 2 aromatic carbocycles. The van der Waals surface area contributed by atoms with Crippen LogP contribution in [0.3, 0.4) is 0 Å². The topological polar surface area (TPSA) is 66.5 Å². The Bertz CT molecular complexity index is 893. The van der Waals surface area contributed by atoms with E-state index in [1.807, 2.05) is 20.8 Å². The molecule has 1 atom stereocenters. The summed E-state index contributed by atoms with van der Waals surface area (Å²) in [7, 11) is -2.27. The van der Waals surface area contributed by atoms with E-state index in [1.165, 1.54) is 24.7 Å². The van der Waals surface area contributed by atoms with Crippen LogP contribution in [0.5, 0.6) is 0 Å². The van der Waals surface area contributed by atoms with E-state index in [2.05, 4.69) is 24.4 Å². The van der Waals surface area contributed by atoms with E-state index in [0.29, 0.717) is 0 Å². The maximum absolute atomic E-state index is 12.5. The molecule has 2 rings (SSSR count). The van der Waals surface area contributed by atoms with Crippen molar-refractivity contribution in [1.29, 1.82) is 0 Å². The van der Waals surface area contributed by atoms with Crippen LogP contribution in [0.2, 0.25) is 0 Å². The van der Waals surface area contributed by atoms with Gasteiger partial charge in [0, 0.05) is 7.05 Å². The Kier molecular flexibility index (Phi) is 6.21. The lowest BCUT2D eigenvalue weighted by Gasteiger charge is -2.21. The largest absolute Gasteiger partial charge is 0.348 e. The summed E-state index contributed by atoms with van der Waals surface area (Å²) in [6.45, 7) is 7.77. The van der Waals surface area contributed by atoms with Crippen molar-refractivity contribution in [2.45, 2.75) is 38.6 Å². The number of nitrogens with one attached hydrogen (secondary N) is 1. The van der Waals surface area contributed by atoms with Gasteiger partial charge in [0.1, 0.15) is 0 Å². The molecule has 0 fully saturated rings. The second-order valence-corrected chi connectivity index (χ2v) is 8.70. The SMILES string of the molecule is Cc1cc(C)c(C(C)NC(=O)CN(C)S(=O)(=O)c2ccccc2)cc1C. The number of nitrogens with zero attached hydrogens (tertiary/aromatic N) is 1. The van der Waals surface area contributed by atoms with Crippen LogP contribution in [-0.4, -0.2) is 32.2 Å². The molecule has 0 aliphatic heterocycles. The summed E-state index contributed by atoms with van der Waals surface area (Å²) in [5.74, 6) is -0.336. The van der Waals surface area contributed by atoms with Crippen molar-refractivity contribution in [3.8, 4) is 0 Å². The number of hydrogen-bond acceptors (Lipinski definition) is 3. The molecule has 0 aliphatic carbocycles. The minimum Gasteiger partial charge on any atom is -0.348 e. The van der Waals surface area contributed by atoms with Gasteiger partial charge in [0.25, 0.3) is 0 Å². The van der Waals surface area contributed by atoms with Crippen LogP contribution in [0.4, 0.5) is 0 Å². The summed E-state index contributed by atoms with van der Waals surface area (Å²) >= 11 is 0. The second kappa shape index (κ2) is 8.01. The zero-order chi connectivity index (χ0) is 19.5. The number of aryl methyl sites for hydroxylation is 3. The van der Waals surface area contributed by atoms with Crippen LogP contribution in [0.25, 0.3) is 0 Å². The molecular weight excluding hydrogens is 348 g/mol. The van der Waals surface area contributed by atoms with Gasteiger partial charge >= 0.3 is 0 Å². The van der Waals surface area contributed by atoms with E-state index >= 15 is 0 Å². The first kappa shape index (κ1) is 20.1. The number of benzene rings is 2. The smallest absolute Gasteiger partial charge is 0.243 e. The highest BCUT2D eigenvalue weighted by Gasteiger charge is 2.23. The van der Waals surface area contributed by atoms with Gasteiger partial charge in [-0.05, 0) is 62.1 Å². The van der Waals surface area contributed by atoms with Crippen LogP contribution < -0.4 is 5.32 Å². The molecule has 6 heteroatoms. The summed E-state index contributed by atoms with van der Waals surface area (Å²) in [4.78, 5) is 12.5. The maximum atomic E-state index is 12.5. The molecule has 1 amide bonds. The first-order valence-electron chi connectivity index (χ1n) is 8.51. The third-order valence-corrected chi connectivity index (χ3v) is 6.36. The first-order chi connectivity index (χ1) is 12.1. The van der Waals surface area contributed by atoms with Gasteiger partial charge in [-0.3, -0.25) is 4.79 Å². The first-order valence-corrected chi connectivity index (χ1v) is 9.95. The lowest BCUT2D eigenvalue weighted by atomic mass is 9.96. The zero-order valence-corrected chi connectivity index (χ0v) is 16.7. The van der Waals surface area contributed by atoms with Crippen LogP contribution >= 0.6 is 0 Å². The minimum atomic E-state index is -3.68. The van der Waals surface area contributed by atoms with Crippen molar-refractivity contribution in [3.63, 3.8) is 0 Å². The quantitative estimate of drug-likeness (QED) is 0.845. The number of amides is 1. The Morgan fingerprint density at radius 1 is 1.04 bits per heavy atom. The van der Waals surface area contributed by atoms with Gasteiger partial charge in [-0.15, -0.1) is 0 Å². The average molecular weight is 375 g/mol. The molecule has 0 saturated carbocycles. The van der Waals surface area contributed by atoms with Gasteiger partial charge in [-0.2, -0.15) is 4.31 Å². The van der Waals surface area contributed by atoms with Crippen molar-refractivity contribution in [2.75, 3.05) is 13.6 Å². The lowest BCUT2D eigenvalue weighted by Crippen LogP contribution is -2.39. The van der Waals surface area contributed by atoms with Crippen molar-refractivity contribution in [3.05, 3.63) is 64.7 Å². The van der Waals surface area contributed by atoms with E-state index in [9.17, 15) is 13.2 Å². The van der Waals surface area contributed by atoms with Crippen molar-refractivity contribution in [2.24, 2.45) is 0 Å². The Labute approximate surface area is 156 Å². The predicted molar refractivity (Wildman–Crippen MR) is 103 cm³/mol. The molecule has 140 valence electrons. The highest BCUT2D eigenvalue weighted by atomic mass is 32.2. The van der Waals surface area contributed by atoms with E-state index in [-0.39, 0.29) is 23.4 Å². The summed E-state index contributed by atoms with van der Waals surface area (Å²) in [6.07, 6.45) is 0. The third-order valence-electron chi connectivity index (χ3n) is 4.54. The van der Waals surface area contributed by atoms with Gasteiger partial charge < -0.3 is 5.32 Å². The maximum Gasteiger partial charge on any atom is 0.243 e. The Hall–Kier alpha value is -2.18. The molecule has 2 aromatic rings. The molecule has 0 spiro atoms.